The van der Waals surface area contributed by atoms with Crippen LogP contribution in [0.5, 0.6) is 0 Å². The third-order valence-corrected chi connectivity index (χ3v) is 2.82. The summed E-state index contributed by atoms with van der Waals surface area (Å²) in [4.78, 5) is 12.7. The standard InChI is InChI=1S/C9H8ClN3S/c1-6-3-11-8(12-4-6)9-13-7(2-10)5-14-9/h3-5H,2H2,1H3. The largest absolute Gasteiger partial charge is 0.236 e. The maximum atomic E-state index is 5.66. The van der Waals surface area contributed by atoms with Crippen LogP contribution in [0, 0.1) is 6.92 Å². The molecule has 2 rings (SSSR count). The van der Waals surface area contributed by atoms with E-state index in [1.165, 1.54) is 11.3 Å². The minimum Gasteiger partial charge on any atom is -0.236 e. The van der Waals surface area contributed by atoms with E-state index in [9.17, 15) is 0 Å². The van der Waals surface area contributed by atoms with Gasteiger partial charge in [-0.05, 0) is 12.5 Å². The second-order valence-corrected chi connectivity index (χ2v) is 3.99. The minimum atomic E-state index is 0.433. The van der Waals surface area contributed by atoms with Crippen LogP contribution in [0.25, 0.3) is 10.8 Å². The van der Waals surface area contributed by atoms with Crippen LogP contribution in [0.4, 0.5) is 0 Å². The van der Waals surface area contributed by atoms with Crippen LogP contribution in [0.2, 0.25) is 0 Å². The molecule has 2 aromatic rings. The summed E-state index contributed by atoms with van der Waals surface area (Å²) in [6.45, 7) is 1.95. The number of aromatic nitrogens is 3. The van der Waals surface area contributed by atoms with Crippen molar-refractivity contribution in [2.75, 3.05) is 0 Å². The van der Waals surface area contributed by atoms with E-state index >= 15 is 0 Å². The molecule has 0 spiro atoms. The lowest BCUT2D eigenvalue weighted by Gasteiger charge is -1.94. The van der Waals surface area contributed by atoms with Crippen LogP contribution in [0.3, 0.4) is 0 Å². The van der Waals surface area contributed by atoms with Crippen LogP contribution in [-0.4, -0.2) is 15.0 Å². The Hall–Kier alpha value is -1.00. The SMILES string of the molecule is Cc1cnc(-c2nc(CCl)cs2)nc1. The molecule has 0 fully saturated rings. The fourth-order valence-electron chi connectivity index (χ4n) is 0.974. The van der Waals surface area contributed by atoms with E-state index in [2.05, 4.69) is 15.0 Å². The number of aryl methyl sites for hydroxylation is 1. The second kappa shape index (κ2) is 4.02. The monoisotopic (exact) mass is 225 g/mol. The van der Waals surface area contributed by atoms with Gasteiger partial charge in [-0.2, -0.15) is 0 Å². The Morgan fingerprint density at radius 2 is 2.07 bits per heavy atom. The van der Waals surface area contributed by atoms with Gasteiger partial charge >= 0.3 is 0 Å². The molecule has 3 nitrogen and oxygen atoms in total. The first kappa shape index (κ1) is 9.55. The van der Waals surface area contributed by atoms with Gasteiger partial charge in [-0.1, -0.05) is 0 Å². The minimum absolute atomic E-state index is 0.433. The summed E-state index contributed by atoms with van der Waals surface area (Å²) in [5.41, 5.74) is 1.92. The van der Waals surface area contributed by atoms with Crippen LogP contribution >= 0.6 is 22.9 Å². The third-order valence-electron chi connectivity index (χ3n) is 1.66. The van der Waals surface area contributed by atoms with Crippen molar-refractivity contribution in [3.05, 3.63) is 29.0 Å². The van der Waals surface area contributed by atoms with Crippen molar-refractivity contribution >= 4 is 22.9 Å². The molecule has 5 heteroatoms. The molecule has 0 atom stereocenters. The number of rotatable bonds is 2. The molecule has 2 heterocycles. The summed E-state index contributed by atoms with van der Waals surface area (Å²) in [5, 5.41) is 2.74. The number of alkyl halides is 1. The van der Waals surface area contributed by atoms with Gasteiger partial charge in [-0.25, -0.2) is 15.0 Å². The van der Waals surface area contributed by atoms with Crippen molar-refractivity contribution in [3.63, 3.8) is 0 Å². The fraction of sp³-hybridized carbons (Fsp3) is 0.222. The van der Waals surface area contributed by atoms with Crippen molar-refractivity contribution < 1.29 is 0 Å². The molecule has 0 saturated heterocycles. The zero-order valence-electron chi connectivity index (χ0n) is 7.57. The number of thiazole rings is 1. The predicted molar refractivity (Wildman–Crippen MR) is 57.4 cm³/mol. The molecule has 0 saturated carbocycles. The van der Waals surface area contributed by atoms with Gasteiger partial charge < -0.3 is 0 Å². The molecule has 0 bridgehead atoms. The topological polar surface area (TPSA) is 38.7 Å². The average Bonchev–Trinajstić information content (AvgIpc) is 2.67. The van der Waals surface area contributed by atoms with Crippen molar-refractivity contribution in [2.45, 2.75) is 12.8 Å². The molecule has 0 aliphatic rings. The summed E-state index contributed by atoms with van der Waals surface area (Å²) >= 11 is 7.17. The molecule has 0 radical (unpaired) electrons. The zero-order chi connectivity index (χ0) is 9.97. The lowest BCUT2D eigenvalue weighted by Crippen LogP contribution is -1.88. The predicted octanol–water partition coefficient (Wildman–Crippen LogP) is 2.65. The van der Waals surface area contributed by atoms with E-state index in [4.69, 9.17) is 11.6 Å². The Bertz CT molecular complexity index is 424. The van der Waals surface area contributed by atoms with Gasteiger partial charge in [-0.15, -0.1) is 22.9 Å². The third kappa shape index (κ3) is 1.91. The van der Waals surface area contributed by atoms with Crippen molar-refractivity contribution in [1.29, 1.82) is 0 Å². The van der Waals surface area contributed by atoms with Crippen molar-refractivity contribution in [3.8, 4) is 10.8 Å². The normalized spacial score (nSPS) is 10.4. The Morgan fingerprint density at radius 3 is 2.64 bits per heavy atom. The molecule has 0 amide bonds. The lowest BCUT2D eigenvalue weighted by molar-refractivity contribution is 1.11. The van der Waals surface area contributed by atoms with Gasteiger partial charge in [0.15, 0.2) is 10.8 Å². The Morgan fingerprint density at radius 1 is 1.36 bits per heavy atom. The molecule has 72 valence electrons. The molecular weight excluding hydrogens is 218 g/mol. The highest BCUT2D eigenvalue weighted by Gasteiger charge is 2.05. The number of nitrogens with zero attached hydrogens (tertiary/aromatic N) is 3. The summed E-state index contributed by atoms with van der Waals surface area (Å²) < 4.78 is 0. The average molecular weight is 226 g/mol. The summed E-state index contributed by atoms with van der Waals surface area (Å²) in [6, 6.07) is 0. The van der Waals surface area contributed by atoms with Gasteiger partial charge in [0.1, 0.15) is 0 Å². The Labute approximate surface area is 90.8 Å². The second-order valence-electron chi connectivity index (χ2n) is 2.86. The highest BCUT2D eigenvalue weighted by atomic mass is 35.5. The number of hydrogen-bond acceptors (Lipinski definition) is 4. The molecule has 0 N–H and O–H groups in total. The summed E-state index contributed by atoms with van der Waals surface area (Å²) in [7, 11) is 0. The molecule has 0 unspecified atom stereocenters. The van der Waals surface area contributed by atoms with E-state index in [1.54, 1.807) is 12.4 Å². The van der Waals surface area contributed by atoms with Crippen molar-refractivity contribution in [2.24, 2.45) is 0 Å². The van der Waals surface area contributed by atoms with E-state index in [0.29, 0.717) is 11.7 Å². The zero-order valence-corrected chi connectivity index (χ0v) is 9.14. The molecule has 0 aromatic carbocycles. The smallest absolute Gasteiger partial charge is 0.188 e. The summed E-state index contributed by atoms with van der Waals surface area (Å²) in [6.07, 6.45) is 3.56. The van der Waals surface area contributed by atoms with E-state index in [1.807, 2.05) is 12.3 Å². The Kier molecular flexibility index (Phi) is 2.74. The van der Waals surface area contributed by atoms with Gasteiger partial charge in [0.05, 0.1) is 11.6 Å². The van der Waals surface area contributed by atoms with E-state index in [-0.39, 0.29) is 0 Å². The van der Waals surface area contributed by atoms with Gasteiger partial charge in [0.2, 0.25) is 0 Å². The molecule has 0 aliphatic carbocycles. The van der Waals surface area contributed by atoms with Gasteiger partial charge in [-0.3, -0.25) is 0 Å². The highest BCUT2D eigenvalue weighted by Crippen LogP contribution is 2.20. The molecule has 14 heavy (non-hydrogen) atoms. The van der Waals surface area contributed by atoms with E-state index < -0.39 is 0 Å². The quantitative estimate of drug-likeness (QED) is 0.738. The Balaban J connectivity index is 2.34. The van der Waals surface area contributed by atoms with Gasteiger partial charge in [0, 0.05) is 17.8 Å². The first-order valence-corrected chi connectivity index (χ1v) is 5.50. The highest BCUT2D eigenvalue weighted by molar-refractivity contribution is 7.13. The van der Waals surface area contributed by atoms with Crippen molar-refractivity contribution in [1.82, 2.24) is 15.0 Å². The molecular formula is C9H8ClN3S. The maximum absolute atomic E-state index is 5.66. The first-order valence-electron chi connectivity index (χ1n) is 4.09. The first-order chi connectivity index (χ1) is 6.79. The van der Waals surface area contributed by atoms with E-state index in [0.717, 1.165) is 16.3 Å². The number of hydrogen-bond donors (Lipinski definition) is 0. The lowest BCUT2D eigenvalue weighted by atomic mass is 10.4. The fourth-order valence-corrected chi connectivity index (χ4v) is 1.97. The van der Waals surface area contributed by atoms with Crippen LogP contribution < -0.4 is 0 Å². The molecule has 2 aromatic heterocycles. The van der Waals surface area contributed by atoms with Crippen LogP contribution in [0.1, 0.15) is 11.3 Å². The number of halogens is 1. The van der Waals surface area contributed by atoms with Crippen LogP contribution in [0.15, 0.2) is 17.8 Å². The molecule has 0 aliphatic heterocycles. The summed E-state index contributed by atoms with van der Waals surface area (Å²) in [5.74, 6) is 1.10. The van der Waals surface area contributed by atoms with Gasteiger partial charge in [0.25, 0.3) is 0 Å². The maximum Gasteiger partial charge on any atom is 0.188 e. The van der Waals surface area contributed by atoms with Crippen LogP contribution in [-0.2, 0) is 5.88 Å².